The zero-order valence-corrected chi connectivity index (χ0v) is 7.69. The molecular weight excluding hydrogens is 162 g/mol. The van der Waals surface area contributed by atoms with E-state index in [0.717, 1.165) is 19.4 Å². The van der Waals surface area contributed by atoms with Gasteiger partial charge in [-0.3, -0.25) is 0 Å². The van der Waals surface area contributed by atoms with E-state index in [1.807, 2.05) is 6.92 Å². The van der Waals surface area contributed by atoms with Gasteiger partial charge in [0.1, 0.15) is 0 Å². The van der Waals surface area contributed by atoms with E-state index in [9.17, 15) is 0 Å². The third-order valence-corrected chi connectivity index (χ3v) is 1.58. The summed E-state index contributed by atoms with van der Waals surface area (Å²) in [7, 11) is 0. The van der Waals surface area contributed by atoms with Gasteiger partial charge in [-0.05, 0) is 19.4 Å². The molecule has 0 aromatic carbocycles. The van der Waals surface area contributed by atoms with Crippen LogP contribution in [0.15, 0.2) is 11.6 Å². The Morgan fingerprint density at radius 3 is 2.82 bits per heavy atom. The van der Waals surface area contributed by atoms with E-state index in [2.05, 4.69) is 11.9 Å². The lowest BCUT2D eigenvalue weighted by atomic mass is 10.2. The first-order chi connectivity index (χ1) is 5.16. The summed E-state index contributed by atoms with van der Waals surface area (Å²) in [4.78, 5) is 0. The molecule has 0 aliphatic heterocycles. The minimum absolute atomic E-state index is 0.189. The molecule has 0 bridgehead atoms. The van der Waals surface area contributed by atoms with Crippen molar-refractivity contribution in [3.05, 3.63) is 11.6 Å². The fourth-order valence-corrected chi connectivity index (χ4v) is 0.791. The molecule has 0 radical (unpaired) electrons. The normalized spacial score (nSPS) is 13.0. The molecule has 1 unspecified atom stereocenters. The average molecular weight is 178 g/mol. The van der Waals surface area contributed by atoms with Crippen LogP contribution in [0.25, 0.3) is 0 Å². The Labute approximate surface area is 73.3 Å². The first-order valence-electron chi connectivity index (χ1n) is 3.88. The van der Waals surface area contributed by atoms with Crippen LogP contribution < -0.4 is 5.32 Å². The van der Waals surface area contributed by atoms with Gasteiger partial charge in [0.05, 0.1) is 6.10 Å². The van der Waals surface area contributed by atoms with Crippen molar-refractivity contribution in [3.8, 4) is 0 Å². The van der Waals surface area contributed by atoms with Gasteiger partial charge in [0.25, 0.3) is 0 Å². The van der Waals surface area contributed by atoms with E-state index in [-0.39, 0.29) is 6.10 Å². The highest BCUT2D eigenvalue weighted by molar-refractivity contribution is 6.29. The summed E-state index contributed by atoms with van der Waals surface area (Å²) in [5.74, 6) is 0. The number of rotatable bonds is 6. The minimum atomic E-state index is -0.189. The molecule has 0 spiro atoms. The van der Waals surface area contributed by atoms with Crippen LogP contribution in [0.3, 0.4) is 0 Å². The van der Waals surface area contributed by atoms with Crippen LogP contribution in [0.5, 0.6) is 0 Å². The number of hydrogen-bond donors (Lipinski definition) is 2. The second kappa shape index (κ2) is 6.65. The average Bonchev–Trinajstić information content (AvgIpc) is 1.97. The summed E-state index contributed by atoms with van der Waals surface area (Å²) in [6.45, 7) is 6.91. The smallest absolute Gasteiger partial charge is 0.0549 e. The van der Waals surface area contributed by atoms with Crippen LogP contribution in [-0.4, -0.2) is 24.3 Å². The van der Waals surface area contributed by atoms with Crippen molar-refractivity contribution in [1.82, 2.24) is 5.32 Å². The van der Waals surface area contributed by atoms with Gasteiger partial charge in [-0.1, -0.05) is 25.1 Å². The lowest BCUT2D eigenvalue weighted by Crippen LogP contribution is -2.21. The van der Waals surface area contributed by atoms with Crippen LogP contribution in [0.1, 0.15) is 19.8 Å². The molecule has 1 atom stereocenters. The molecule has 11 heavy (non-hydrogen) atoms. The molecule has 0 saturated heterocycles. The molecule has 0 aromatic heterocycles. The lowest BCUT2D eigenvalue weighted by molar-refractivity contribution is 0.160. The maximum absolute atomic E-state index is 9.13. The number of aliphatic hydroxyl groups excluding tert-OH is 1. The molecule has 2 nitrogen and oxygen atoms in total. The largest absolute Gasteiger partial charge is 0.393 e. The van der Waals surface area contributed by atoms with Crippen molar-refractivity contribution in [2.45, 2.75) is 25.9 Å². The van der Waals surface area contributed by atoms with Crippen molar-refractivity contribution in [1.29, 1.82) is 0 Å². The van der Waals surface area contributed by atoms with E-state index >= 15 is 0 Å². The maximum Gasteiger partial charge on any atom is 0.0549 e. The van der Waals surface area contributed by atoms with Gasteiger partial charge in [-0.2, -0.15) is 0 Å². The summed E-state index contributed by atoms with van der Waals surface area (Å²) in [6, 6.07) is 0. The van der Waals surface area contributed by atoms with Crippen molar-refractivity contribution in [3.63, 3.8) is 0 Å². The van der Waals surface area contributed by atoms with Gasteiger partial charge in [-0.15, -0.1) is 0 Å². The molecule has 66 valence electrons. The van der Waals surface area contributed by atoms with E-state index in [4.69, 9.17) is 16.7 Å². The maximum atomic E-state index is 9.13. The monoisotopic (exact) mass is 177 g/mol. The highest BCUT2D eigenvalue weighted by Crippen LogP contribution is 1.96. The van der Waals surface area contributed by atoms with E-state index in [1.165, 1.54) is 0 Å². The van der Waals surface area contributed by atoms with Crippen LogP contribution in [0.4, 0.5) is 0 Å². The number of halogens is 1. The fraction of sp³-hybridized carbons (Fsp3) is 0.750. The van der Waals surface area contributed by atoms with Crippen LogP contribution in [0.2, 0.25) is 0 Å². The quantitative estimate of drug-likeness (QED) is 0.603. The van der Waals surface area contributed by atoms with Gasteiger partial charge in [0.15, 0.2) is 0 Å². The van der Waals surface area contributed by atoms with E-state index in [0.29, 0.717) is 11.6 Å². The van der Waals surface area contributed by atoms with Gasteiger partial charge in [0, 0.05) is 11.6 Å². The highest BCUT2D eigenvalue weighted by atomic mass is 35.5. The number of nitrogens with one attached hydrogen (secondary N) is 1. The SMILES string of the molecule is C=C(Cl)CNCCC(O)CC. The van der Waals surface area contributed by atoms with Crippen LogP contribution >= 0.6 is 11.6 Å². The predicted molar refractivity (Wildman–Crippen MR) is 48.8 cm³/mol. The highest BCUT2D eigenvalue weighted by Gasteiger charge is 1.98. The zero-order valence-electron chi connectivity index (χ0n) is 6.94. The second-order valence-corrected chi connectivity index (χ2v) is 3.08. The molecule has 0 aliphatic rings. The molecule has 0 fully saturated rings. The molecule has 0 aliphatic carbocycles. The third kappa shape index (κ3) is 7.85. The Hall–Kier alpha value is -0.0500. The predicted octanol–water partition coefficient (Wildman–Crippen LogP) is 1.49. The summed E-state index contributed by atoms with van der Waals surface area (Å²) in [6.07, 6.45) is 1.40. The topological polar surface area (TPSA) is 32.3 Å². The molecule has 0 rings (SSSR count). The zero-order chi connectivity index (χ0) is 8.69. The number of hydrogen-bond acceptors (Lipinski definition) is 2. The fourth-order valence-electron chi connectivity index (χ4n) is 0.697. The van der Waals surface area contributed by atoms with Crippen molar-refractivity contribution in [2.24, 2.45) is 0 Å². The molecular formula is C8H16ClNO. The van der Waals surface area contributed by atoms with Crippen molar-refractivity contribution in [2.75, 3.05) is 13.1 Å². The minimum Gasteiger partial charge on any atom is -0.393 e. The van der Waals surface area contributed by atoms with Gasteiger partial charge >= 0.3 is 0 Å². The van der Waals surface area contributed by atoms with E-state index < -0.39 is 0 Å². The first-order valence-corrected chi connectivity index (χ1v) is 4.26. The Kier molecular flexibility index (Phi) is 6.62. The number of aliphatic hydroxyl groups is 1. The Morgan fingerprint density at radius 2 is 2.36 bits per heavy atom. The molecule has 0 amide bonds. The second-order valence-electron chi connectivity index (χ2n) is 2.54. The lowest BCUT2D eigenvalue weighted by Gasteiger charge is -2.07. The summed E-state index contributed by atoms with van der Waals surface area (Å²) >= 11 is 5.51. The molecule has 3 heteroatoms. The molecule has 0 aromatic rings. The Balaban J connectivity index is 3.08. The van der Waals surface area contributed by atoms with Gasteiger partial charge < -0.3 is 10.4 Å². The Morgan fingerprint density at radius 1 is 1.73 bits per heavy atom. The van der Waals surface area contributed by atoms with E-state index in [1.54, 1.807) is 0 Å². The van der Waals surface area contributed by atoms with Gasteiger partial charge in [0.2, 0.25) is 0 Å². The molecule has 0 saturated carbocycles. The van der Waals surface area contributed by atoms with Crippen LogP contribution in [0, 0.1) is 0 Å². The van der Waals surface area contributed by atoms with Crippen molar-refractivity contribution < 1.29 is 5.11 Å². The van der Waals surface area contributed by atoms with Crippen molar-refractivity contribution >= 4 is 11.6 Å². The summed E-state index contributed by atoms with van der Waals surface area (Å²) in [5, 5.41) is 12.8. The first kappa shape index (κ1) is 11.0. The van der Waals surface area contributed by atoms with Gasteiger partial charge in [-0.25, -0.2) is 0 Å². The molecule has 0 heterocycles. The van der Waals surface area contributed by atoms with Crippen LogP contribution in [-0.2, 0) is 0 Å². The Bertz CT molecular complexity index is 117. The standard InChI is InChI=1S/C8H16ClNO/c1-3-8(11)4-5-10-6-7(2)9/h8,10-11H,2-6H2,1H3. The summed E-state index contributed by atoms with van der Waals surface area (Å²) < 4.78 is 0. The third-order valence-electron chi connectivity index (χ3n) is 1.44. The molecule has 2 N–H and O–H groups in total. The summed E-state index contributed by atoms with van der Waals surface area (Å²) in [5.41, 5.74) is 0.